The van der Waals surface area contributed by atoms with Gasteiger partial charge in [-0.15, -0.1) is 0 Å². The first-order valence-corrected chi connectivity index (χ1v) is 11.9. The molecule has 2 aromatic rings. The smallest absolute Gasteiger partial charge is 0.255 e. The molecule has 1 heterocycles. The first kappa shape index (κ1) is 19.9. The molecular formula is C26H23BrN2O3. The van der Waals surface area contributed by atoms with E-state index in [1.165, 1.54) is 4.90 Å². The van der Waals surface area contributed by atoms with Gasteiger partial charge in [-0.2, -0.15) is 0 Å². The summed E-state index contributed by atoms with van der Waals surface area (Å²) >= 11 is 3.51. The van der Waals surface area contributed by atoms with Gasteiger partial charge in [0, 0.05) is 15.7 Å². The Kier molecular flexibility index (Phi) is 4.28. The van der Waals surface area contributed by atoms with Crippen molar-refractivity contribution in [2.75, 3.05) is 10.2 Å². The summed E-state index contributed by atoms with van der Waals surface area (Å²) in [5.74, 6) is 0.534. The molecule has 0 aromatic heterocycles. The van der Waals surface area contributed by atoms with E-state index >= 15 is 0 Å². The number of carbonyl (C=O) groups excluding carboxylic acids is 3. The van der Waals surface area contributed by atoms with Crippen LogP contribution < -0.4 is 10.2 Å². The van der Waals surface area contributed by atoms with E-state index in [0.29, 0.717) is 23.1 Å². The second kappa shape index (κ2) is 6.88. The van der Waals surface area contributed by atoms with Gasteiger partial charge in [0.25, 0.3) is 5.91 Å². The van der Waals surface area contributed by atoms with Gasteiger partial charge in [-0.05, 0) is 85.4 Å². The number of rotatable bonds is 3. The zero-order valence-corrected chi connectivity index (χ0v) is 19.4. The van der Waals surface area contributed by atoms with Gasteiger partial charge in [0.05, 0.1) is 17.5 Å². The molecule has 2 aromatic carbocycles. The van der Waals surface area contributed by atoms with Crippen LogP contribution in [0.3, 0.4) is 0 Å². The summed E-state index contributed by atoms with van der Waals surface area (Å²) in [5.41, 5.74) is 3.69. The number of hydrogen-bond acceptors (Lipinski definition) is 3. The lowest BCUT2D eigenvalue weighted by Crippen LogP contribution is -2.40. The van der Waals surface area contributed by atoms with Crippen molar-refractivity contribution in [3.8, 4) is 0 Å². The molecule has 7 rings (SSSR count). The second-order valence-corrected chi connectivity index (χ2v) is 10.4. The van der Waals surface area contributed by atoms with Crippen molar-refractivity contribution in [1.82, 2.24) is 0 Å². The van der Waals surface area contributed by atoms with E-state index in [9.17, 15) is 14.4 Å². The van der Waals surface area contributed by atoms with Crippen LogP contribution in [0.25, 0.3) is 0 Å². The Bertz CT molecular complexity index is 1200. The van der Waals surface area contributed by atoms with Gasteiger partial charge in [0.15, 0.2) is 0 Å². The minimum Gasteiger partial charge on any atom is -0.322 e. The molecule has 6 unspecified atom stereocenters. The van der Waals surface area contributed by atoms with Crippen LogP contribution in [-0.2, 0) is 9.59 Å². The molecule has 32 heavy (non-hydrogen) atoms. The Hall–Kier alpha value is -2.73. The maximum Gasteiger partial charge on any atom is 0.255 e. The number of amides is 3. The molecule has 3 amide bonds. The predicted molar refractivity (Wildman–Crippen MR) is 125 cm³/mol. The topological polar surface area (TPSA) is 66.5 Å². The summed E-state index contributed by atoms with van der Waals surface area (Å²) in [4.78, 5) is 41.0. The number of imide groups is 1. The summed E-state index contributed by atoms with van der Waals surface area (Å²) < 4.78 is 0.989. The van der Waals surface area contributed by atoms with E-state index in [2.05, 4.69) is 33.4 Å². The predicted octanol–water partition coefficient (Wildman–Crippen LogP) is 4.88. The van der Waals surface area contributed by atoms with Crippen LogP contribution in [0.1, 0.15) is 27.9 Å². The van der Waals surface area contributed by atoms with E-state index in [-0.39, 0.29) is 41.4 Å². The summed E-state index contributed by atoms with van der Waals surface area (Å²) in [6.07, 6.45) is 5.47. The zero-order valence-electron chi connectivity index (χ0n) is 17.8. The van der Waals surface area contributed by atoms with E-state index in [1.54, 1.807) is 24.3 Å². The quantitative estimate of drug-likeness (QED) is 0.492. The Labute approximate surface area is 195 Å². The maximum absolute atomic E-state index is 13.4. The highest BCUT2D eigenvalue weighted by Gasteiger charge is 2.67. The number of nitrogens with one attached hydrogen (secondary N) is 1. The fourth-order valence-electron chi connectivity index (χ4n) is 6.12. The summed E-state index contributed by atoms with van der Waals surface area (Å²) in [6.45, 7) is 3.95. The third-order valence-corrected chi connectivity index (χ3v) is 8.86. The third kappa shape index (κ3) is 2.71. The number of nitrogens with zero attached hydrogens (tertiary/aromatic N) is 1. The fraction of sp³-hybridized carbons (Fsp3) is 0.346. The monoisotopic (exact) mass is 490 g/mol. The van der Waals surface area contributed by atoms with Crippen LogP contribution in [0, 0.1) is 49.4 Å². The number of anilines is 2. The van der Waals surface area contributed by atoms with Gasteiger partial charge in [-0.1, -0.05) is 34.1 Å². The summed E-state index contributed by atoms with van der Waals surface area (Å²) in [7, 11) is 0. The minimum absolute atomic E-state index is 0.110. The summed E-state index contributed by atoms with van der Waals surface area (Å²) in [5, 5.41) is 2.96. The van der Waals surface area contributed by atoms with E-state index in [1.807, 2.05) is 26.0 Å². The Morgan fingerprint density at radius 1 is 0.969 bits per heavy atom. The highest BCUT2D eigenvalue weighted by molar-refractivity contribution is 9.10. The number of hydrogen-bond donors (Lipinski definition) is 1. The van der Waals surface area contributed by atoms with Crippen LogP contribution in [0.5, 0.6) is 0 Å². The van der Waals surface area contributed by atoms with Crippen LogP contribution in [-0.4, -0.2) is 17.7 Å². The number of benzene rings is 2. The molecule has 5 aliphatic rings. The van der Waals surface area contributed by atoms with Gasteiger partial charge in [-0.3, -0.25) is 14.4 Å². The minimum atomic E-state index is -0.267. The van der Waals surface area contributed by atoms with Gasteiger partial charge < -0.3 is 5.32 Å². The standard InChI is InChI=1S/C26H23BrN2O3/c1-12-13(2)21(9-8-20(12)27)28-24(30)14-4-3-5-15(10-14)29-25(31)22-16-6-7-17(19-11-18(16)19)23(22)26(29)32/h3-10,16-19,22-23H,11H2,1-2H3,(H,28,30). The Balaban J connectivity index is 1.28. The molecule has 5 nitrogen and oxygen atoms in total. The molecule has 6 heteroatoms. The van der Waals surface area contributed by atoms with Crippen molar-refractivity contribution in [2.24, 2.45) is 35.5 Å². The van der Waals surface area contributed by atoms with Crippen LogP contribution in [0.2, 0.25) is 0 Å². The van der Waals surface area contributed by atoms with Gasteiger partial charge in [-0.25, -0.2) is 4.90 Å². The molecule has 2 saturated carbocycles. The normalized spacial score (nSPS) is 31.5. The van der Waals surface area contributed by atoms with Crippen LogP contribution >= 0.6 is 15.9 Å². The lowest BCUT2D eigenvalue weighted by molar-refractivity contribution is -0.124. The van der Waals surface area contributed by atoms with Gasteiger partial charge in [0.2, 0.25) is 11.8 Å². The molecular weight excluding hydrogens is 468 g/mol. The first-order valence-electron chi connectivity index (χ1n) is 11.1. The molecule has 1 saturated heterocycles. The van der Waals surface area contributed by atoms with Crippen LogP contribution in [0.15, 0.2) is 53.0 Å². The summed E-state index contributed by atoms with van der Waals surface area (Å²) in [6, 6.07) is 10.6. The van der Waals surface area contributed by atoms with Crippen molar-refractivity contribution >= 4 is 45.0 Å². The van der Waals surface area contributed by atoms with Crippen molar-refractivity contribution < 1.29 is 14.4 Å². The van der Waals surface area contributed by atoms with E-state index in [4.69, 9.17) is 0 Å². The third-order valence-electron chi connectivity index (χ3n) is 8.00. The van der Waals surface area contributed by atoms with Crippen molar-refractivity contribution in [3.05, 3.63) is 69.7 Å². The van der Waals surface area contributed by atoms with Crippen molar-refractivity contribution in [3.63, 3.8) is 0 Å². The average Bonchev–Trinajstić information content (AvgIpc) is 3.57. The molecule has 3 fully saturated rings. The lowest BCUT2D eigenvalue weighted by atomic mass is 9.63. The van der Waals surface area contributed by atoms with Crippen molar-refractivity contribution in [2.45, 2.75) is 20.3 Å². The Morgan fingerprint density at radius 3 is 2.28 bits per heavy atom. The molecule has 4 aliphatic carbocycles. The molecule has 162 valence electrons. The van der Waals surface area contributed by atoms with Crippen LogP contribution in [0.4, 0.5) is 11.4 Å². The zero-order chi connectivity index (χ0) is 22.3. The number of carbonyl (C=O) groups is 3. The molecule has 1 aliphatic heterocycles. The van der Waals surface area contributed by atoms with Crippen molar-refractivity contribution in [1.29, 1.82) is 0 Å². The first-order chi connectivity index (χ1) is 15.4. The maximum atomic E-state index is 13.4. The van der Waals surface area contributed by atoms with E-state index in [0.717, 1.165) is 27.7 Å². The van der Waals surface area contributed by atoms with Gasteiger partial charge in [0.1, 0.15) is 0 Å². The second-order valence-electron chi connectivity index (χ2n) is 9.52. The SMILES string of the molecule is Cc1c(Br)ccc(NC(=O)c2cccc(N3C(=O)C4C5C=CC(C6CC56)C4C3=O)c2)c1C. The molecule has 0 spiro atoms. The Morgan fingerprint density at radius 2 is 1.62 bits per heavy atom. The lowest BCUT2D eigenvalue weighted by Gasteiger charge is -2.37. The molecule has 0 radical (unpaired) electrons. The van der Waals surface area contributed by atoms with Gasteiger partial charge >= 0.3 is 0 Å². The average molecular weight is 491 g/mol. The number of halogens is 1. The molecule has 1 N–H and O–H groups in total. The molecule has 2 bridgehead atoms. The highest BCUT2D eigenvalue weighted by Crippen LogP contribution is 2.65. The largest absolute Gasteiger partial charge is 0.322 e. The number of allylic oxidation sites excluding steroid dienone is 2. The fourth-order valence-corrected chi connectivity index (χ4v) is 6.54. The highest BCUT2D eigenvalue weighted by atomic mass is 79.9. The molecule has 6 atom stereocenters. The van der Waals surface area contributed by atoms with E-state index < -0.39 is 0 Å².